The lowest BCUT2D eigenvalue weighted by Crippen LogP contribution is -2.38. The smallest absolute Gasteiger partial charge is 0.414 e. The number of carboxylic acids is 2. The van der Waals surface area contributed by atoms with Gasteiger partial charge in [-0.15, -0.1) is 10.2 Å². The van der Waals surface area contributed by atoms with Crippen LogP contribution in [0.4, 0.5) is 5.69 Å². The number of anilines is 1. The first-order chi connectivity index (χ1) is 17.3. The zero-order valence-corrected chi connectivity index (χ0v) is 20.7. The lowest BCUT2D eigenvalue weighted by Gasteiger charge is -2.34. The van der Waals surface area contributed by atoms with Gasteiger partial charge in [-0.2, -0.15) is 0 Å². The van der Waals surface area contributed by atoms with Crippen LogP contribution in [-0.2, 0) is 20.7 Å². The fourth-order valence-electron chi connectivity index (χ4n) is 4.86. The van der Waals surface area contributed by atoms with Crippen molar-refractivity contribution in [2.45, 2.75) is 44.4 Å². The fourth-order valence-corrected chi connectivity index (χ4v) is 5.08. The molecule has 2 aromatic rings. The van der Waals surface area contributed by atoms with E-state index in [9.17, 15) is 0 Å². The van der Waals surface area contributed by atoms with Crippen molar-refractivity contribution in [2.75, 3.05) is 45.2 Å². The third kappa shape index (κ3) is 6.26. The van der Waals surface area contributed by atoms with Crippen molar-refractivity contribution in [1.29, 1.82) is 0 Å². The van der Waals surface area contributed by atoms with Gasteiger partial charge in [-0.25, -0.2) is 9.59 Å². The van der Waals surface area contributed by atoms with Crippen molar-refractivity contribution < 1.29 is 33.7 Å². The van der Waals surface area contributed by atoms with Crippen LogP contribution < -0.4 is 10.5 Å². The van der Waals surface area contributed by atoms with Gasteiger partial charge < -0.3 is 34.7 Å². The van der Waals surface area contributed by atoms with E-state index in [-0.39, 0.29) is 0 Å². The number of hydrogen-bond acceptors (Lipinski definition) is 9. The molecular weight excluding hydrogens is 492 g/mol. The highest BCUT2D eigenvalue weighted by Gasteiger charge is 2.29. The summed E-state index contributed by atoms with van der Waals surface area (Å²) >= 11 is 6.37. The second-order valence-corrected chi connectivity index (χ2v) is 9.67. The molecule has 0 unspecified atom stereocenters. The molecule has 3 aliphatic heterocycles. The summed E-state index contributed by atoms with van der Waals surface area (Å²) in [6.45, 7) is 5.81. The number of hydrogen-bond donors (Lipinski definition) is 3. The topological polar surface area (TPSA) is 161 Å². The number of carbonyl (C=O) groups is 2. The normalized spacial score (nSPS) is 19.0. The van der Waals surface area contributed by atoms with Crippen LogP contribution in [0.15, 0.2) is 10.5 Å². The number of nitrogens with zero attached hydrogens (tertiary/aromatic N) is 3. The number of ether oxygens (including phenoxy) is 2. The van der Waals surface area contributed by atoms with Gasteiger partial charge in [0.2, 0.25) is 5.89 Å². The Morgan fingerprint density at radius 2 is 1.78 bits per heavy atom. The molecule has 5 rings (SSSR count). The molecule has 4 N–H and O–H groups in total. The molecule has 11 nitrogen and oxygen atoms in total. The molecule has 0 amide bonds. The number of fused-ring (bicyclic) bond motifs is 1. The summed E-state index contributed by atoms with van der Waals surface area (Å²) in [6, 6.07) is 1.79. The summed E-state index contributed by atoms with van der Waals surface area (Å²) in [4.78, 5) is 20.8. The number of nitrogen functional groups attached to an aromatic ring is 1. The average Bonchev–Trinajstić information content (AvgIpc) is 3.38. The van der Waals surface area contributed by atoms with E-state index in [2.05, 4.69) is 15.1 Å². The molecule has 12 heteroatoms. The van der Waals surface area contributed by atoms with Crippen molar-refractivity contribution in [3.05, 3.63) is 22.5 Å². The Morgan fingerprint density at radius 3 is 2.44 bits per heavy atom. The van der Waals surface area contributed by atoms with Crippen LogP contribution in [0.2, 0.25) is 5.02 Å². The van der Waals surface area contributed by atoms with E-state index in [4.69, 9.17) is 51.0 Å². The first-order valence-electron chi connectivity index (χ1n) is 12.2. The SMILES string of the molecule is Nc1c(Cl)cc(-c2nnc(C3CCN(CC4CCOCC4)CC3)o2)c2c1CCCO2.O=C(O)C(=O)O. The Labute approximate surface area is 213 Å². The summed E-state index contributed by atoms with van der Waals surface area (Å²) in [6.07, 6.45) is 6.23. The fraction of sp³-hybridized carbons (Fsp3) is 0.583. The number of aromatic nitrogens is 2. The summed E-state index contributed by atoms with van der Waals surface area (Å²) < 4.78 is 17.5. The molecule has 0 radical (unpaired) electrons. The third-order valence-corrected chi connectivity index (χ3v) is 7.15. The van der Waals surface area contributed by atoms with Crippen LogP contribution in [0.25, 0.3) is 11.5 Å². The summed E-state index contributed by atoms with van der Waals surface area (Å²) in [7, 11) is 0. The molecule has 0 spiro atoms. The van der Waals surface area contributed by atoms with E-state index in [1.165, 1.54) is 19.4 Å². The van der Waals surface area contributed by atoms with Gasteiger partial charge in [0.05, 0.1) is 22.9 Å². The van der Waals surface area contributed by atoms with Crippen LogP contribution in [0, 0.1) is 5.92 Å². The molecule has 0 saturated carbocycles. The Kier molecular flexibility index (Phi) is 8.65. The highest BCUT2D eigenvalue weighted by molar-refractivity contribution is 6.33. The van der Waals surface area contributed by atoms with Crippen molar-refractivity contribution in [2.24, 2.45) is 5.92 Å². The third-order valence-electron chi connectivity index (χ3n) is 6.84. The predicted molar refractivity (Wildman–Crippen MR) is 130 cm³/mol. The van der Waals surface area contributed by atoms with Gasteiger partial charge >= 0.3 is 11.9 Å². The van der Waals surface area contributed by atoms with Gasteiger partial charge in [-0.3, -0.25) is 0 Å². The highest BCUT2D eigenvalue weighted by atomic mass is 35.5. The number of nitrogens with two attached hydrogens (primary N) is 1. The van der Waals surface area contributed by atoms with E-state index >= 15 is 0 Å². The Morgan fingerprint density at radius 1 is 1.08 bits per heavy atom. The van der Waals surface area contributed by atoms with Crippen LogP contribution in [0.3, 0.4) is 0 Å². The van der Waals surface area contributed by atoms with Crippen molar-refractivity contribution in [3.8, 4) is 17.2 Å². The van der Waals surface area contributed by atoms with Gasteiger partial charge in [0, 0.05) is 31.2 Å². The maximum Gasteiger partial charge on any atom is 0.414 e. The van der Waals surface area contributed by atoms with Crippen LogP contribution in [-0.4, -0.2) is 76.7 Å². The largest absolute Gasteiger partial charge is 0.492 e. The molecule has 4 heterocycles. The number of likely N-dealkylation sites (tertiary alicyclic amines) is 1. The van der Waals surface area contributed by atoms with Gasteiger partial charge in [-0.05, 0) is 63.6 Å². The van der Waals surface area contributed by atoms with Gasteiger partial charge in [0.25, 0.3) is 5.89 Å². The predicted octanol–water partition coefficient (Wildman–Crippen LogP) is 3.06. The molecule has 2 fully saturated rings. The number of halogens is 1. The van der Waals surface area contributed by atoms with Crippen LogP contribution in [0.5, 0.6) is 5.75 Å². The summed E-state index contributed by atoms with van der Waals surface area (Å²) in [5.74, 6) is -0.650. The Hall–Kier alpha value is -2.89. The second kappa shape index (κ2) is 11.9. The molecule has 3 aliphatic rings. The Bertz CT molecular complexity index is 1070. The monoisotopic (exact) mass is 522 g/mol. The number of aliphatic carboxylic acids is 2. The molecule has 2 saturated heterocycles. The second-order valence-electron chi connectivity index (χ2n) is 9.27. The molecule has 36 heavy (non-hydrogen) atoms. The molecule has 1 aromatic heterocycles. The maximum atomic E-state index is 9.10. The molecule has 196 valence electrons. The van der Waals surface area contributed by atoms with E-state index in [0.717, 1.165) is 74.8 Å². The van der Waals surface area contributed by atoms with Crippen molar-refractivity contribution >= 4 is 29.2 Å². The van der Waals surface area contributed by atoms with Gasteiger partial charge in [0.1, 0.15) is 5.75 Å². The first-order valence-corrected chi connectivity index (χ1v) is 12.5. The van der Waals surface area contributed by atoms with Gasteiger partial charge in [0.15, 0.2) is 0 Å². The Balaban J connectivity index is 0.000000455. The van der Waals surface area contributed by atoms with E-state index < -0.39 is 11.9 Å². The van der Waals surface area contributed by atoms with Gasteiger partial charge in [-0.1, -0.05) is 11.6 Å². The summed E-state index contributed by atoms with van der Waals surface area (Å²) in [5.41, 5.74) is 8.45. The first kappa shape index (κ1) is 26.2. The van der Waals surface area contributed by atoms with Crippen LogP contribution in [0.1, 0.15) is 49.5 Å². The molecule has 0 bridgehead atoms. The average molecular weight is 523 g/mol. The van der Waals surface area contributed by atoms with Crippen LogP contribution >= 0.6 is 11.6 Å². The zero-order valence-electron chi connectivity index (χ0n) is 19.9. The number of piperidine rings is 1. The molecule has 0 atom stereocenters. The minimum Gasteiger partial charge on any atom is -0.492 e. The van der Waals surface area contributed by atoms with Crippen molar-refractivity contribution in [3.63, 3.8) is 0 Å². The highest BCUT2D eigenvalue weighted by Crippen LogP contribution is 2.43. The van der Waals surface area contributed by atoms with E-state index in [1.54, 1.807) is 6.07 Å². The molecule has 1 aromatic carbocycles. The zero-order chi connectivity index (χ0) is 25.7. The number of carboxylic acid groups (broad SMARTS) is 2. The molecule has 0 aliphatic carbocycles. The van der Waals surface area contributed by atoms with E-state index in [1.807, 2.05) is 0 Å². The maximum absolute atomic E-state index is 9.10. The molecular formula is C24H31ClN4O7. The minimum atomic E-state index is -1.82. The number of benzene rings is 1. The van der Waals surface area contributed by atoms with E-state index in [0.29, 0.717) is 35.0 Å². The lowest BCUT2D eigenvalue weighted by atomic mass is 9.94. The summed E-state index contributed by atoms with van der Waals surface area (Å²) in [5, 5.41) is 24.0. The lowest BCUT2D eigenvalue weighted by molar-refractivity contribution is -0.159. The number of rotatable bonds is 4. The van der Waals surface area contributed by atoms with Crippen molar-refractivity contribution in [1.82, 2.24) is 15.1 Å². The standard InChI is InChI=1S/C22H29ClN4O3.C2H2O4/c23-18-12-17(20-16(19(18)24)2-1-9-29-20)22-26-25-21(30-22)15-3-7-27(8-4-15)13-14-5-10-28-11-6-14;3-1(4)2(5)6/h12,14-15H,1-11,13,24H2;(H,3,4)(H,5,6). The quantitative estimate of drug-likeness (QED) is 0.399. The minimum absolute atomic E-state index is 0.304.